The molecule has 6 nitrogen and oxygen atoms in total. The van der Waals surface area contributed by atoms with Crippen LogP contribution >= 0.6 is 0 Å². The van der Waals surface area contributed by atoms with E-state index in [1.807, 2.05) is 0 Å². The lowest BCUT2D eigenvalue weighted by Gasteiger charge is -2.18. The molecule has 0 aliphatic heterocycles. The Labute approximate surface area is 508 Å². The summed E-state index contributed by atoms with van der Waals surface area (Å²) in [5, 5.41) is 0. The number of esters is 3. The van der Waals surface area contributed by atoms with Crippen molar-refractivity contribution in [3.63, 3.8) is 0 Å². The van der Waals surface area contributed by atoms with Gasteiger partial charge in [-0.2, -0.15) is 0 Å². The lowest BCUT2D eigenvalue weighted by atomic mass is 10.0. The first-order valence-corrected chi connectivity index (χ1v) is 35.2. The van der Waals surface area contributed by atoms with Crippen LogP contribution < -0.4 is 0 Å². The summed E-state index contributed by atoms with van der Waals surface area (Å²) in [5.74, 6) is -0.908. The van der Waals surface area contributed by atoms with Crippen LogP contribution in [0.5, 0.6) is 0 Å². The molecular weight excluding hydrogens is 1010 g/mol. The minimum Gasteiger partial charge on any atom is -0.462 e. The van der Waals surface area contributed by atoms with Crippen LogP contribution in [0.4, 0.5) is 0 Å². The van der Waals surface area contributed by atoms with Gasteiger partial charge >= 0.3 is 17.9 Å². The summed E-state index contributed by atoms with van der Waals surface area (Å²) < 4.78 is 17.0. The Bertz CT molecular complexity index is 1590. The van der Waals surface area contributed by atoms with Gasteiger partial charge in [0.2, 0.25) is 0 Å². The van der Waals surface area contributed by atoms with E-state index in [0.29, 0.717) is 19.3 Å². The molecule has 0 saturated heterocycles. The molecule has 0 aliphatic carbocycles. The third-order valence-electron chi connectivity index (χ3n) is 15.3. The van der Waals surface area contributed by atoms with Crippen molar-refractivity contribution in [3.8, 4) is 0 Å². The van der Waals surface area contributed by atoms with Crippen LogP contribution in [-0.2, 0) is 28.6 Å². The van der Waals surface area contributed by atoms with E-state index >= 15 is 0 Å². The second-order valence-electron chi connectivity index (χ2n) is 23.4. The van der Waals surface area contributed by atoms with Gasteiger partial charge in [-0.25, -0.2) is 0 Å². The van der Waals surface area contributed by atoms with Crippen molar-refractivity contribution < 1.29 is 28.6 Å². The molecule has 82 heavy (non-hydrogen) atoms. The molecule has 0 amide bonds. The Hall–Kier alpha value is -3.67. The van der Waals surface area contributed by atoms with E-state index in [0.717, 1.165) is 109 Å². The first-order chi connectivity index (χ1) is 40.5. The summed E-state index contributed by atoms with van der Waals surface area (Å²) in [6, 6.07) is 0. The van der Waals surface area contributed by atoms with E-state index < -0.39 is 6.10 Å². The first-order valence-electron chi connectivity index (χ1n) is 35.2. The summed E-state index contributed by atoms with van der Waals surface area (Å²) in [4.78, 5) is 38.5. The smallest absolute Gasteiger partial charge is 0.306 e. The second-order valence-corrected chi connectivity index (χ2v) is 23.4. The van der Waals surface area contributed by atoms with Crippen molar-refractivity contribution in [1.82, 2.24) is 0 Å². The fourth-order valence-electron chi connectivity index (χ4n) is 10.1. The average Bonchev–Trinajstić information content (AvgIpc) is 3.47. The number of hydrogen-bond acceptors (Lipinski definition) is 6. The molecule has 0 saturated carbocycles. The monoisotopic (exact) mass is 1140 g/mol. The molecule has 0 aromatic carbocycles. The summed E-state index contributed by atoms with van der Waals surface area (Å²) in [6.45, 7) is 6.54. The third kappa shape index (κ3) is 67.1. The number of ether oxygens (including phenoxy) is 3. The Morgan fingerprint density at radius 3 is 0.768 bits per heavy atom. The lowest BCUT2D eigenvalue weighted by molar-refractivity contribution is -0.167. The minimum absolute atomic E-state index is 0.0877. The zero-order valence-corrected chi connectivity index (χ0v) is 54.2. The predicted molar refractivity (Wildman–Crippen MR) is 357 cm³/mol. The highest BCUT2D eigenvalue weighted by atomic mass is 16.6. The van der Waals surface area contributed by atoms with Crippen LogP contribution in [0.25, 0.3) is 0 Å². The maximum Gasteiger partial charge on any atom is 0.306 e. The number of carbonyl (C=O) groups excluding carboxylic acids is 3. The van der Waals surface area contributed by atoms with Crippen molar-refractivity contribution >= 4 is 17.9 Å². The maximum absolute atomic E-state index is 13.0. The van der Waals surface area contributed by atoms with Crippen molar-refractivity contribution in [2.45, 2.75) is 354 Å². The Morgan fingerprint density at radius 2 is 0.476 bits per heavy atom. The van der Waals surface area contributed by atoms with E-state index in [4.69, 9.17) is 14.2 Å². The van der Waals surface area contributed by atoms with Crippen LogP contribution in [0.3, 0.4) is 0 Å². The van der Waals surface area contributed by atoms with E-state index in [1.165, 1.54) is 199 Å². The van der Waals surface area contributed by atoms with Gasteiger partial charge in [0.25, 0.3) is 0 Å². The highest BCUT2D eigenvalue weighted by Crippen LogP contribution is 2.17. The molecule has 0 aromatic heterocycles. The van der Waals surface area contributed by atoms with Crippen molar-refractivity contribution in [2.75, 3.05) is 13.2 Å². The van der Waals surface area contributed by atoms with E-state index in [2.05, 4.69) is 118 Å². The summed E-state index contributed by atoms with van der Waals surface area (Å²) in [6.07, 6.45) is 94.2. The summed E-state index contributed by atoms with van der Waals surface area (Å²) in [7, 11) is 0. The SMILES string of the molecule is CC/C=C\C/C=C\C/C=C\C/C=C\C/C=C\C/C=C\C/C=C\CCCCCC(=O)OCC(COC(=O)CCCCCCCCC/C=C\CCCCCCCCC)OC(=O)CCCCCCCCCCCCCCCCCCCCCCC. The van der Waals surface area contributed by atoms with Crippen molar-refractivity contribution in [2.24, 2.45) is 0 Å². The number of unbranched alkanes of at least 4 members (excludes halogenated alkanes) is 37. The molecule has 0 aliphatic rings. The molecule has 0 spiro atoms. The van der Waals surface area contributed by atoms with Crippen LogP contribution in [0.1, 0.15) is 348 Å². The molecule has 0 N–H and O–H groups in total. The van der Waals surface area contributed by atoms with Gasteiger partial charge in [0, 0.05) is 19.3 Å². The standard InChI is InChI=1S/C76H132O6/c1-4-7-10-13-16-19-22-25-28-31-34-36-37-38-39-41-42-45-48-51-54-57-60-63-66-69-75(78)81-72-73(71-80-74(77)68-65-62-59-56-53-50-47-44-33-30-27-24-21-18-15-12-9-6-3)82-76(79)70-67-64-61-58-55-52-49-46-43-40-35-32-29-26-23-20-17-14-11-8-5-2/h7,10,16,19,25,28,30,33-34,36,38-39,42,45,51,54,73H,4-6,8-9,11-15,17-18,20-24,26-27,29,31-32,35,37,40-41,43-44,46-50,52-53,55-72H2,1-3H3/b10-7-,19-16-,28-25-,33-30-,36-34-,39-38-,45-42-,54-51-. The quantitative estimate of drug-likeness (QED) is 0.0261. The molecule has 0 heterocycles. The fourth-order valence-corrected chi connectivity index (χ4v) is 10.1. The van der Waals surface area contributed by atoms with Gasteiger partial charge in [0.05, 0.1) is 0 Å². The van der Waals surface area contributed by atoms with Crippen LogP contribution in [0.15, 0.2) is 97.2 Å². The molecule has 0 rings (SSSR count). The van der Waals surface area contributed by atoms with Gasteiger partial charge in [-0.3, -0.25) is 14.4 Å². The first kappa shape index (κ1) is 78.3. The van der Waals surface area contributed by atoms with Gasteiger partial charge in [-0.15, -0.1) is 0 Å². The van der Waals surface area contributed by atoms with Gasteiger partial charge in [0.1, 0.15) is 13.2 Å². The second kappa shape index (κ2) is 69.8. The van der Waals surface area contributed by atoms with E-state index in [1.54, 1.807) is 0 Å². The predicted octanol–water partition coefficient (Wildman–Crippen LogP) is 24.4. The lowest BCUT2D eigenvalue weighted by Crippen LogP contribution is -2.30. The molecule has 6 heteroatoms. The zero-order chi connectivity index (χ0) is 59.2. The van der Waals surface area contributed by atoms with Gasteiger partial charge in [-0.05, 0) is 103 Å². The Balaban J connectivity index is 4.43. The molecule has 472 valence electrons. The number of allylic oxidation sites excluding steroid dienone is 16. The number of rotatable bonds is 64. The van der Waals surface area contributed by atoms with Crippen LogP contribution in [-0.4, -0.2) is 37.2 Å². The molecule has 0 radical (unpaired) electrons. The molecule has 1 atom stereocenters. The van der Waals surface area contributed by atoms with Gasteiger partial charge in [-0.1, -0.05) is 323 Å². The van der Waals surface area contributed by atoms with Crippen molar-refractivity contribution in [1.29, 1.82) is 0 Å². The van der Waals surface area contributed by atoms with Crippen LogP contribution in [0.2, 0.25) is 0 Å². The largest absolute Gasteiger partial charge is 0.462 e. The maximum atomic E-state index is 13.0. The molecular formula is C76H132O6. The van der Waals surface area contributed by atoms with E-state index in [9.17, 15) is 14.4 Å². The Kier molecular flexibility index (Phi) is 66.7. The topological polar surface area (TPSA) is 78.9 Å². The summed E-state index contributed by atoms with van der Waals surface area (Å²) >= 11 is 0. The zero-order valence-electron chi connectivity index (χ0n) is 54.2. The highest BCUT2D eigenvalue weighted by molar-refractivity contribution is 5.71. The molecule has 0 aromatic rings. The highest BCUT2D eigenvalue weighted by Gasteiger charge is 2.19. The van der Waals surface area contributed by atoms with Crippen molar-refractivity contribution in [3.05, 3.63) is 97.2 Å². The number of hydrogen-bond donors (Lipinski definition) is 0. The van der Waals surface area contributed by atoms with E-state index in [-0.39, 0.29) is 31.1 Å². The fraction of sp³-hybridized carbons (Fsp3) is 0.750. The summed E-state index contributed by atoms with van der Waals surface area (Å²) in [5.41, 5.74) is 0. The minimum atomic E-state index is -0.795. The average molecular weight is 1140 g/mol. The number of carbonyl (C=O) groups is 3. The Morgan fingerprint density at radius 1 is 0.256 bits per heavy atom. The molecule has 0 fully saturated rings. The molecule has 0 bridgehead atoms. The van der Waals surface area contributed by atoms with Gasteiger partial charge in [0.15, 0.2) is 6.10 Å². The van der Waals surface area contributed by atoms with Crippen LogP contribution in [0, 0.1) is 0 Å². The third-order valence-corrected chi connectivity index (χ3v) is 15.3. The normalized spacial score (nSPS) is 12.7. The molecule has 1 unspecified atom stereocenters. The van der Waals surface area contributed by atoms with Gasteiger partial charge < -0.3 is 14.2 Å².